The summed E-state index contributed by atoms with van der Waals surface area (Å²) in [4.78, 5) is 69.7. The topological polar surface area (TPSA) is 182 Å². The minimum Gasteiger partial charge on any atom is -0.478 e. The number of carbonyl (C=O) groups excluding carboxylic acids is 3. The van der Waals surface area contributed by atoms with Gasteiger partial charge in [0.2, 0.25) is 0 Å². The number of aromatic carboxylic acids is 1. The van der Waals surface area contributed by atoms with Crippen LogP contribution in [0.4, 0.5) is 11.6 Å². The fourth-order valence-corrected chi connectivity index (χ4v) is 8.75. The van der Waals surface area contributed by atoms with Gasteiger partial charge >= 0.3 is 11.9 Å². The van der Waals surface area contributed by atoms with Crippen molar-refractivity contribution in [2.24, 2.45) is 0 Å². The van der Waals surface area contributed by atoms with Gasteiger partial charge in [-0.25, -0.2) is 29.5 Å². The van der Waals surface area contributed by atoms with Gasteiger partial charge in [-0.05, 0) is 78.4 Å². The molecular weight excluding hydrogens is 885 g/mol. The Morgan fingerprint density at radius 3 is 1.57 bits per heavy atom. The van der Waals surface area contributed by atoms with Gasteiger partial charge in [-0.2, -0.15) is 0 Å². The molecule has 0 aliphatic carbocycles. The van der Waals surface area contributed by atoms with Crippen LogP contribution in [0.5, 0.6) is 0 Å². The van der Waals surface area contributed by atoms with Crippen molar-refractivity contribution < 1.29 is 29.0 Å². The molecule has 16 heteroatoms. The first-order valence-electron chi connectivity index (χ1n) is 20.6. The fourth-order valence-electron chi connectivity index (χ4n) is 7.35. The number of thiazole rings is 2. The fraction of sp³-hybridized carbons (Fsp3) is 0.0196. The van der Waals surface area contributed by atoms with Crippen molar-refractivity contribution in [3.8, 4) is 22.5 Å². The molecule has 3 N–H and O–H groups in total. The quantitative estimate of drug-likeness (QED) is 0.112. The van der Waals surface area contributed by atoms with E-state index < -0.39 is 11.9 Å². The van der Waals surface area contributed by atoms with E-state index in [9.17, 15) is 19.2 Å². The number of esters is 1. The average Bonchev–Trinajstić information content (AvgIpc) is 4.17. The summed E-state index contributed by atoms with van der Waals surface area (Å²) in [6.07, 6.45) is 7.67. The molecule has 67 heavy (non-hydrogen) atoms. The van der Waals surface area contributed by atoms with Crippen LogP contribution in [-0.2, 0) is 11.3 Å². The van der Waals surface area contributed by atoms with Crippen LogP contribution in [0.25, 0.3) is 54.2 Å². The molecule has 14 nitrogen and oxygen atoms in total. The Kier molecular flexibility index (Phi) is 11.5. The Labute approximate surface area is 388 Å². The second-order valence-corrected chi connectivity index (χ2v) is 16.8. The highest BCUT2D eigenvalue weighted by Gasteiger charge is 2.18. The van der Waals surface area contributed by atoms with Crippen LogP contribution in [0, 0.1) is 0 Å². The van der Waals surface area contributed by atoms with E-state index in [1.54, 1.807) is 66.7 Å². The van der Waals surface area contributed by atoms with Gasteiger partial charge in [-0.15, -0.1) is 22.7 Å². The predicted molar refractivity (Wildman–Crippen MR) is 259 cm³/mol. The molecule has 0 unspecified atom stereocenters. The number of rotatable bonds is 10. The van der Waals surface area contributed by atoms with Gasteiger partial charge in [-0.3, -0.25) is 18.4 Å². The predicted octanol–water partition coefficient (Wildman–Crippen LogP) is 10.8. The van der Waals surface area contributed by atoms with E-state index in [2.05, 4.69) is 30.6 Å². The number of carboxylic acid groups (broad SMARTS) is 1. The summed E-state index contributed by atoms with van der Waals surface area (Å²) < 4.78 is 9.29. The Morgan fingerprint density at radius 2 is 1.04 bits per heavy atom. The van der Waals surface area contributed by atoms with Gasteiger partial charge in [0.25, 0.3) is 11.8 Å². The molecule has 11 aromatic rings. The van der Waals surface area contributed by atoms with Gasteiger partial charge in [0.15, 0.2) is 9.92 Å². The molecule has 326 valence electrons. The number of nitrogens with zero attached hydrogens (tertiary/aromatic N) is 6. The highest BCUT2D eigenvalue weighted by Crippen LogP contribution is 2.28. The van der Waals surface area contributed by atoms with Crippen LogP contribution in [0.2, 0.25) is 0 Å². The molecule has 6 heterocycles. The molecule has 0 fully saturated rings. The molecule has 2 amide bonds. The zero-order chi connectivity index (χ0) is 45.9. The van der Waals surface area contributed by atoms with E-state index in [0.29, 0.717) is 44.7 Å². The lowest BCUT2D eigenvalue weighted by atomic mass is 10.0. The summed E-state index contributed by atoms with van der Waals surface area (Å²) >= 11 is 3.07. The number of hydrogen-bond donors (Lipinski definition) is 3. The molecular formula is C51H34N8O6S2. The molecule has 0 atom stereocenters. The Balaban J connectivity index is 0.000000160. The summed E-state index contributed by atoms with van der Waals surface area (Å²) in [5.74, 6) is -1.17. The number of carboxylic acids is 1. The Bertz CT molecular complexity index is 3620. The molecule has 0 radical (unpaired) electrons. The van der Waals surface area contributed by atoms with Crippen molar-refractivity contribution in [2.75, 3.05) is 10.6 Å². The van der Waals surface area contributed by atoms with E-state index in [1.807, 2.05) is 111 Å². The van der Waals surface area contributed by atoms with Crippen LogP contribution in [0.15, 0.2) is 175 Å². The van der Waals surface area contributed by atoms with Crippen molar-refractivity contribution in [3.63, 3.8) is 0 Å². The number of benzene rings is 5. The van der Waals surface area contributed by atoms with Crippen LogP contribution < -0.4 is 10.6 Å². The molecule has 0 bridgehead atoms. The first-order valence-corrected chi connectivity index (χ1v) is 22.4. The number of pyridine rings is 2. The monoisotopic (exact) mass is 918 g/mol. The number of carbonyl (C=O) groups is 4. The van der Waals surface area contributed by atoms with Crippen molar-refractivity contribution >= 4 is 89.8 Å². The van der Waals surface area contributed by atoms with Gasteiger partial charge in [0.1, 0.15) is 18.2 Å². The van der Waals surface area contributed by atoms with E-state index in [-0.39, 0.29) is 24.0 Å². The summed E-state index contributed by atoms with van der Waals surface area (Å²) in [6, 6.07) is 40.9. The van der Waals surface area contributed by atoms with Crippen LogP contribution >= 0.6 is 22.7 Å². The molecule has 0 saturated carbocycles. The molecule has 0 spiro atoms. The number of imidazole rings is 2. The standard InChI is InChI=1S/C29H20N4O3S.C22H14N4O3S/c34-27(23-9-5-4-8-22(23)25-17-33-14-15-37-29(33)31-25)32-26-13-11-20-16-21(10-12-24(20)30-26)28(35)36-18-19-6-2-1-3-7-19;27-20(25-19-8-6-13-11-14(21(28)29)5-7-17(13)23-19)16-4-2-1-3-15(16)18-12-26-9-10-30-22(26)24-18/h1-17H,18H2,(H,30,32,34);1-12H,(H,28,29)(H,23,25,27). The second-order valence-electron chi connectivity index (χ2n) is 15.0. The number of ether oxygens (including phenoxy) is 1. The number of nitrogens with one attached hydrogen (secondary N) is 2. The van der Waals surface area contributed by atoms with Crippen LogP contribution in [0.3, 0.4) is 0 Å². The van der Waals surface area contributed by atoms with Gasteiger partial charge in [0.05, 0.1) is 33.5 Å². The normalized spacial score (nSPS) is 11.0. The number of anilines is 2. The maximum atomic E-state index is 13.2. The number of amides is 2. The number of fused-ring (bicyclic) bond motifs is 4. The lowest BCUT2D eigenvalue weighted by Gasteiger charge is -2.10. The zero-order valence-electron chi connectivity index (χ0n) is 34.9. The summed E-state index contributed by atoms with van der Waals surface area (Å²) in [5, 5.41) is 20.2. The average molecular weight is 919 g/mol. The maximum Gasteiger partial charge on any atom is 0.338 e. The summed E-state index contributed by atoms with van der Waals surface area (Å²) in [5.41, 5.74) is 6.74. The van der Waals surface area contributed by atoms with Crippen molar-refractivity contribution in [2.45, 2.75) is 6.61 Å². The summed E-state index contributed by atoms with van der Waals surface area (Å²) in [6.45, 7) is 0.208. The van der Waals surface area contributed by atoms with E-state index in [1.165, 1.54) is 28.7 Å². The van der Waals surface area contributed by atoms with E-state index in [4.69, 9.17) is 9.84 Å². The highest BCUT2D eigenvalue weighted by atomic mass is 32.1. The van der Waals surface area contributed by atoms with Crippen LogP contribution in [0.1, 0.15) is 47.0 Å². The lowest BCUT2D eigenvalue weighted by Crippen LogP contribution is -2.14. The minimum atomic E-state index is -0.995. The van der Waals surface area contributed by atoms with Crippen molar-refractivity contribution in [1.82, 2.24) is 28.7 Å². The molecule has 0 saturated heterocycles. The molecule has 0 aliphatic heterocycles. The number of hydrogen-bond acceptors (Lipinski definition) is 11. The Hall–Kier alpha value is -8.86. The van der Waals surface area contributed by atoms with Gasteiger partial charge < -0.3 is 20.5 Å². The first-order chi connectivity index (χ1) is 32.7. The second kappa shape index (κ2) is 18.3. The molecule has 0 aliphatic rings. The third kappa shape index (κ3) is 9.10. The number of aromatic nitrogens is 6. The lowest BCUT2D eigenvalue weighted by molar-refractivity contribution is 0.0472. The van der Waals surface area contributed by atoms with Crippen LogP contribution in [-0.4, -0.2) is 57.6 Å². The SMILES string of the molecule is O=C(O)c1ccc2nc(NC(=O)c3ccccc3-c3cn4ccsc4n3)ccc2c1.O=C(OCc1ccccc1)c1ccc2nc(NC(=O)c3ccccc3-c3cn4ccsc4n3)ccc2c1. The highest BCUT2D eigenvalue weighted by molar-refractivity contribution is 7.15. The zero-order valence-corrected chi connectivity index (χ0v) is 36.6. The van der Waals surface area contributed by atoms with Gasteiger partial charge in [0, 0.05) is 68.6 Å². The van der Waals surface area contributed by atoms with Crippen molar-refractivity contribution in [1.29, 1.82) is 0 Å². The third-order valence-electron chi connectivity index (χ3n) is 10.6. The van der Waals surface area contributed by atoms with E-state index in [0.717, 1.165) is 43.4 Å². The Morgan fingerprint density at radius 1 is 0.552 bits per heavy atom. The van der Waals surface area contributed by atoms with Gasteiger partial charge in [-0.1, -0.05) is 66.7 Å². The molecule has 5 aromatic carbocycles. The smallest absolute Gasteiger partial charge is 0.338 e. The first kappa shape index (κ1) is 42.1. The third-order valence-corrected chi connectivity index (χ3v) is 12.2. The van der Waals surface area contributed by atoms with E-state index >= 15 is 0 Å². The molecule has 11 rings (SSSR count). The van der Waals surface area contributed by atoms with Crippen molar-refractivity contribution in [3.05, 3.63) is 203 Å². The largest absolute Gasteiger partial charge is 0.478 e. The maximum absolute atomic E-state index is 13.2. The summed E-state index contributed by atoms with van der Waals surface area (Å²) in [7, 11) is 0. The molecule has 6 aromatic heterocycles. The minimum absolute atomic E-state index is 0.190.